The number of nitrogens with zero attached hydrogens (tertiary/aromatic N) is 1. The number of hydrogen-bond donors (Lipinski definition) is 2. The summed E-state index contributed by atoms with van der Waals surface area (Å²) >= 11 is 0. The van der Waals surface area contributed by atoms with E-state index < -0.39 is 0 Å². The Morgan fingerprint density at radius 2 is 2.00 bits per heavy atom. The van der Waals surface area contributed by atoms with Crippen molar-refractivity contribution >= 4 is 17.6 Å². The Balaban J connectivity index is 1.87. The highest BCUT2D eigenvalue weighted by atomic mass is 16.2. The molecule has 1 fully saturated rings. The molecule has 94 valence electrons. The SMILES string of the molecule is O=C1NCc2ccc(C(=O)N3CCCC3)cc2N1. The van der Waals surface area contributed by atoms with Crippen LogP contribution in [-0.4, -0.2) is 29.9 Å². The number of anilines is 1. The molecule has 2 aliphatic rings. The fourth-order valence-corrected chi connectivity index (χ4v) is 2.42. The van der Waals surface area contributed by atoms with Gasteiger partial charge in [-0.3, -0.25) is 4.79 Å². The number of carbonyl (C=O) groups is 2. The molecule has 0 aliphatic carbocycles. The fourth-order valence-electron chi connectivity index (χ4n) is 2.42. The molecule has 0 radical (unpaired) electrons. The van der Waals surface area contributed by atoms with Gasteiger partial charge in [0.1, 0.15) is 0 Å². The van der Waals surface area contributed by atoms with Crippen LogP contribution in [0.15, 0.2) is 18.2 Å². The molecule has 0 unspecified atom stereocenters. The Hall–Kier alpha value is -2.04. The molecule has 0 saturated carbocycles. The molecular formula is C13H15N3O2. The van der Waals surface area contributed by atoms with E-state index in [1.807, 2.05) is 17.0 Å². The minimum Gasteiger partial charge on any atom is -0.339 e. The first-order valence-corrected chi connectivity index (χ1v) is 6.21. The van der Waals surface area contributed by atoms with Gasteiger partial charge >= 0.3 is 6.03 Å². The quantitative estimate of drug-likeness (QED) is 0.788. The van der Waals surface area contributed by atoms with Crippen LogP contribution in [0.25, 0.3) is 0 Å². The summed E-state index contributed by atoms with van der Waals surface area (Å²) in [6, 6.07) is 5.28. The van der Waals surface area contributed by atoms with Crippen LogP contribution >= 0.6 is 0 Å². The van der Waals surface area contributed by atoms with E-state index in [1.165, 1.54) is 0 Å². The van der Waals surface area contributed by atoms with Gasteiger partial charge in [-0.2, -0.15) is 0 Å². The molecule has 3 rings (SSSR count). The van der Waals surface area contributed by atoms with E-state index in [0.717, 1.165) is 37.2 Å². The zero-order valence-electron chi connectivity index (χ0n) is 10.0. The lowest BCUT2D eigenvalue weighted by molar-refractivity contribution is 0.0793. The van der Waals surface area contributed by atoms with Crippen LogP contribution in [0.3, 0.4) is 0 Å². The standard InChI is InChI=1S/C13H15N3O2/c17-12(16-5-1-2-6-16)9-3-4-10-8-14-13(18)15-11(10)7-9/h3-4,7H,1-2,5-6,8H2,(H2,14,15,18). The van der Waals surface area contributed by atoms with Crippen LogP contribution in [0, 0.1) is 0 Å². The Labute approximate surface area is 105 Å². The molecule has 0 aromatic heterocycles. The van der Waals surface area contributed by atoms with Crippen LogP contribution in [-0.2, 0) is 6.54 Å². The third-order valence-electron chi connectivity index (χ3n) is 3.44. The molecule has 2 N–H and O–H groups in total. The Bertz CT molecular complexity index is 507. The van der Waals surface area contributed by atoms with Crippen molar-refractivity contribution in [1.82, 2.24) is 10.2 Å². The molecule has 3 amide bonds. The summed E-state index contributed by atoms with van der Waals surface area (Å²) in [4.78, 5) is 25.3. The second-order valence-electron chi connectivity index (χ2n) is 4.68. The Morgan fingerprint density at radius 1 is 1.22 bits per heavy atom. The Morgan fingerprint density at radius 3 is 2.78 bits per heavy atom. The number of hydrogen-bond acceptors (Lipinski definition) is 2. The number of likely N-dealkylation sites (tertiary alicyclic amines) is 1. The van der Waals surface area contributed by atoms with Crippen LogP contribution in [0.5, 0.6) is 0 Å². The van der Waals surface area contributed by atoms with Crippen molar-refractivity contribution in [2.75, 3.05) is 18.4 Å². The number of amides is 3. The number of urea groups is 1. The third kappa shape index (κ3) is 1.92. The van der Waals surface area contributed by atoms with Crippen LogP contribution in [0.1, 0.15) is 28.8 Å². The van der Waals surface area contributed by atoms with Gasteiger partial charge in [-0.25, -0.2) is 4.79 Å². The maximum absolute atomic E-state index is 12.2. The average Bonchev–Trinajstić information content (AvgIpc) is 2.90. The fraction of sp³-hybridized carbons (Fsp3) is 0.385. The van der Waals surface area contributed by atoms with Crippen molar-refractivity contribution in [2.45, 2.75) is 19.4 Å². The van der Waals surface area contributed by atoms with Crippen LogP contribution in [0.4, 0.5) is 10.5 Å². The molecule has 1 saturated heterocycles. The first-order valence-electron chi connectivity index (χ1n) is 6.21. The summed E-state index contributed by atoms with van der Waals surface area (Å²) in [5, 5.41) is 5.42. The highest BCUT2D eigenvalue weighted by Gasteiger charge is 2.21. The van der Waals surface area contributed by atoms with Crippen molar-refractivity contribution in [2.24, 2.45) is 0 Å². The van der Waals surface area contributed by atoms with E-state index in [0.29, 0.717) is 12.1 Å². The van der Waals surface area contributed by atoms with Crippen molar-refractivity contribution in [3.8, 4) is 0 Å². The topological polar surface area (TPSA) is 61.4 Å². The first-order chi connectivity index (χ1) is 8.74. The van der Waals surface area contributed by atoms with Crippen molar-refractivity contribution in [1.29, 1.82) is 0 Å². The number of fused-ring (bicyclic) bond motifs is 1. The normalized spacial score (nSPS) is 18.0. The molecule has 18 heavy (non-hydrogen) atoms. The van der Waals surface area contributed by atoms with Crippen molar-refractivity contribution in [3.05, 3.63) is 29.3 Å². The molecule has 0 bridgehead atoms. The minimum atomic E-state index is -0.215. The number of nitrogens with one attached hydrogen (secondary N) is 2. The maximum Gasteiger partial charge on any atom is 0.319 e. The smallest absolute Gasteiger partial charge is 0.319 e. The molecule has 5 nitrogen and oxygen atoms in total. The Kier molecular flexibility index (Phi) is 2.66. The highest BCUT2D eigenvalue weighted by molar-refractivity contribution is 5.98. The largest absolute Gasteiger partial charge is 0.339 e. The molecule has 1 aromatic rings. The predicted octanol–water partition coefficient (Wildman–Crippen LogP) is 1.56. The zero-order chi connectivity index (χ0) is 12.5. The minimum absolute atomic E-state index is 0.0584. The summed E-state index contributed by atoms with van der Waals surface area (Å²) < 4.78 is 0. The summed E-state index contributed by atoms with van der Waals surface area (Å²) in [5.41, 5.74) is 2.40. The zero-order valence-corrected chi connectivity index (χ0v) is 10.0. The van der Waals surface area contributed by atoms with Gasteiger partial charge in [-0.1, -0.05) is 6.07 Å². The average molecular weight is 245 g/mol. The number of carbonyl (C=O) groups excluding carboxylic acids is 2. The second-order valence-corrected chi connectivity index (χ2v) is 4.68. The molecular weight excluding hydrogens is 230 g/mol. The lowest BCUT2D eigenvalue weighted by Gasteiger charge is -2.20. The van der Waals surface area contributed by atoms with Crippen LogP contribution < -0.4 is 10.6 Å². The van der Waals surface area contributed by atoms with Gasteiger partial charge in [0.05, 0.1) is 0 Å². The van der Waals surface area contributed by atoms with E-state index in [9.17, 15) is 9.59 Å². The highest BCUT2D eigenvalue weighted by Crippen LogP contribution is 2.22. The molecule has 0 spiro atoms. The molecule has 2 heterocycles. The predicted molar refractivity (Wildman–Crippen MR) is 67.4 cm³/mol. The second kappa shape index (κ2) is 4.33. The van der Waals surface area contributed by atoms with Gasteiger partial charge in [0, 0.05) is 30.9 Å². The lowest BCUT2D eigenvalue weighted by atomic mass is 10.1. The van der Waals surface area contributed by atoms with Gasteiger partial charge < -0.3 is 15.5 Å². The summed E-state index contributed by atoms with van der Waals surface area (Å²) in [6.07, 6.45) is 2.16. The summed E-state index contributed by atoms with van der Waals surface area (Å²) in [5.74, 6) is 0.0584. The lowest BCUT2D eigenvalue weighted by Crippen LogP contribution is -2.34. The van der Waals surface area contributed by atoms with Gasteiger partial charge in [0.25, 0.3) is 5.91 Å². The maximum atomic E-state index is 12.2. The van der Waals surface area contributed by atoms with E-state index >= 15 is 0 Å². The summed E-state index contributed by atoms with van der Waals surface area (Å²) in [7, 11) is 0. The molecule has 5 heteroatoms. The van der Waals surface area contributed by atoms with Crippen molar-refractivity contribution in [3.63, 3.8) is 0 Å². The molecule has 1 aromatic carbocycles. The van der Waals surface area contributed by atoms with E-state index in [1.54, 1.807) is 6.07 Å². The van der Waals surface area contributed by atoms with E-state index in [-0.39, 0.29) is 11.9 Å². The summed E-state index contributed by atoms with van der Waals surface area (Å²) in [6.45, 7) is 2.19. The third-order valence-corrected chi connectivity index (χ3v) is 3.44. The van der Waals surface area contributed by atoms with E-state index in [2.05, 4.69) is 10.6 Å². The monoisotopic (exact) mass is 245 g/mol. The van der Waals surface area contributed by atoms with Crippen LogP contribution in [0.2, 0.25) is 0 Å². The van der Waals surface area contributed by atoms with Gasteiger partial charge in [0.15, 0.2) is 0 Å². The molecule has 0 atom stereocenters. The number of rotatable bonds is 1. The van der Waals surface area contributed by atoms with E-state index in [4.69, 9.17) is 0 Å². The number of benzene rings is 1. The van der Waals surface area contributed by atoms with Gasteiger partial charge in [0.2, 0.25) is 0 Å². The first kappa shape index (κ1) is 11.1. The van der Waals surface area contributed by atoms with Gasteiger partial charge in [-0.15, -0.1) is 0 Å². The van der Waals surface area contributed by atoms with Gasteiger partial charge in [-0.05, 0) is 30.5 Å². The van der Waals surface area contributed by atoms with Crippen molar-refractivity contribution < 1.29 is 9.59 Å². The molecule has 2 aliphatic heterocycles.